The summed E-state index contributed by atoms with van der Waals surface area (Å²) >= 11 is 0. The molecule has 4 aromatic heterocycles. The predicted molar refractivity (Wildman–Crippen MR) is 70.6 cm³/mol. The van der Waals surface area contributed by atoms with Crippen molar-refractivity contribution in [1.29, 1.82) is 0 Å². The molecule has 0 aliphatic carbocycles. The van der Waals surface area contributed by atoms with Gasteiger partial charge in [-0.3, -0.25) is 4.98 Å². The van der Waals surface area contributed by atoms with E-state index in [0.717, 1.165) is 5.52 Å². The number of nitrogens with one attached hydrogen (secondary N) is 3. The lowest BCUT2D eigenvalue weighted by Crippen LogP contribution is -2.12. The molecule has 4 heterocycles. The normalized spacial score (nSPS) is 10.4. The van der Waals surface area contributed by atoms with Crippen LogP contribution in [-0.2, 0) is 0 Å². The fourth-order valence-corrected chi connectivity index (χ4v) is 1.56. The van der Waals surface area contributed by atoms with Crippen molar-refractivity contribution in [2.45, 2.75) is 0 Å². The molecule has 20 heavy (non-hydrogen) atoms. The van der Waals surface area contributed by atoms with Crippen LogP contribution in [0.4, 0.5) is 5.82 Å². The van der Waals surface area contributed by atoms with Crippen molar-refractivity contribution in [2.24, 2.45) is 0 Å². The molecule has 0 bridgehead atoms. The summed E-state index contributed by atoms with van der Waals surface area (Å²) in [5.74, 6) is 0.262. The number of hydrogen-bond donors (Lipinski definition) is 4. The maximum absolute atomic E-state index is 10.7. The highest BCUT2D eigenvalue weighted by Gasteiger charge is 2.01. The molecular formula is C10H9N9O. The number of aromatic nitrogens is 8. The van der Waals surface area contributed by atoms with Gasteiger partial charge < -0.3 is 15.7 Å². The van der Waals surface area contributed by atoms with E-state index in [1.807, 2.05) is 0 Å². The third-order valence-corrected chi connectivity index (χ3v) is 2.44. The number of rotatable bonds is 0. The SMILES string of the molecule is Nc1[nH]c(=O)nc2nc[nH]c12.c1ncc2[nH]cnc2n1. The molecule has 0 spiro atoms. The maximum Gasteiger partial charge on any atom is 0.348 e. The molecule has 5 N–H and O–H groups in total. The first kappa shape index (κ1) is 11.8. The molecule has 0 amide bonds. The molecule has 0 aromatic carbocycles. The monoisotopic (exact) mass is 271 g/mol. The molecule has 0 saturated carbocycles. The number of imidazole rings is 2. The molecule has 100 valence electrons. The number of nitrogens with zero attached hydrogens (tertiary/aromatic N) is 5. The van der Waals surface area contributed by atoms with Crippen LogP contribution in [0.15, 0.2) is 30.0 Å². The van der Waals surface area contributed by atoms with Gasteiger partial charge in [-0.2, -0.15) is 4.98 Å². The van der Waals surface area contributed by atoms with Crippen molar-refractivity contribution in [2.75, 3.05) is 5.73 Å². The maximum atomic E-state index is 10.7. The Morgan fingerprint density at radius 3 is 2.70 bits per heavy atom. The van der Waals surface area contributed by atoms with E-state index in [0.29, 0.717) is 16.8 Å². The van der Waals surface area contributed by atoms with Crippen LogP contribution in [0.1, 0.15) is 0 Å². The number of H-pyrrole nitrogens is 3. The zero-order chi connectivity index (χ0) is 13.9. The highest BCUT2D eigenvalue weighted by atomic mass is 16.1. The van der Waals surface area contributed by atoms with Gasteiger partial charge in [0.15, 0.2) is 11.3 Å². The Bertz CT molecular complexity index is 875. The summed E-state index contributed by atoms with van der Waals surface area (Å²) in [4.78, 5) is 37.6. The van der Waals surface area contributed by atoms with Gasteiger partial charge in [0, 0.05) is 0 Å². The van der Waals surface area contributed by atoms with Crippen molar-refractivity contribution in [3.63, 3.8) is 0 Å². The van der Waals surface area contributed by atoms with Crippen LogP contribution in [0.25, 0.3) is 22.3 Å². The Balaban J connectivity index is 0.000000123. The predicted octanol–water partition coefficient (Wildman–Crippen LogP) is -0.419. The van der Waals surface area contributed by atoms with Crippen LogP contribution in [0.2, 0.25) is 0 Å². The molecule has 0 saturated heterocycles. The van der Waals surface area contributed by atoms with Gasteiger partial charge in [-0.25, -0.2) is 24.7 Å². The highest BCUT2D eigenvalue weighted by molar-refractivity contribution is 5.80. The summed E-state index contributed by atoms with van der Waals surface area (Å²) in [5, 5.41) is 0. The minimum Gasteiger partial charge on any atom is -0.383 e. The minimum absolute atomic E-state index is 0.262. The van der Waals surface area contributed by atoms with E-state index in [4.69, 9.17) is 5.73 Å². The summed E-state index contributed by atoms with van der Waals surface area (Å²) in [6, 6.07) is 0. The number of hydrogen-bond acceptors (Lipinski definition) is 7. The molecular weight excluding hydrogens is 262 g/mol. The molecule has 0 unspecified atom stereocenters. The summed E-state index contributed by atoms with van der Waals surface area (Å²) in [6.45, 7) is 0. The van der Waals surface area contributed by atoms with Gasteiger partial charge in [0.1, 0.15) is 23.2 Å². The van der Waals surface area contributed by atoms with Gasteiger partial charge in [0.25, 0.3) is 0 Å². The second kappa shape index (κ2) is 4.76. The van der Waals surface area contributed by atoms with Crippen LogP contribution in [0.3, 0.4) is 0 Å². The quantitative estimate of drug-likeness (QED) is 0.338. The van der Waals surface area contributed by atoms with Gasteiger partial charge >= 0.3 is 5.69 Å². The third kappa shape index (κ3) is 2.16. The first-order chi connectivity index (χ1) is 9.74. The molecule has 0 atom stereocenters. The number of fused-ring (bicyclic) bond motifs is 2. The van der Waals surface area contributed by atoms with Crippen LogP contribution < -0.4 is 11.4 Å². The fraction of sp³-hybridized carbons (Fsp3) is 0. The van der Waals surface area contributed by atoms with Gasteiger partial charge in [-0.05, 0) is 0 Å². The van der Waals surface area contributed by atoms with Crippen LogP contribution >= 0.6 is 0 Å². The first-order valence-corrected chi connectivity index (χ1v) is 5.52. The van der Waals surface area contributed by atoms with E-state index in [1.165, 1.54) is 12.7 Å². The number of nitrogen functional groups attached to an aromatic ring is 1. The third-order valence-electron chi connectivity index (χ3n) is 2.44. The summed E-state index contributed by atoms with van der Waals surface area (Å²) in [5.41, 5.74) is 7.44. The zero-order valence-corrected chi connectivity index (χ0v) is 10.0. The summed E-state index contributed by atoms with van der Waals surface area (Å²) < 4.78 is 0. The fourth-order valence-electron chi connectivity index (χ4n) is 1.56. The molecule has 0 radical (unpaired) electrons. The summed E-state index contributed by atoms with van der Waals surface area (Å²) in [7, 11) is 0. The topological polar surface area (TPSA) is 155 Å². The average Bonchev–Trinajstić information content (AvgIpc) is 3.06. The molecule has 10 nitrogen and oxygen atoms in total. The van der Waals surface area contributed by atoms with E-state index in [2.05, 4.69) is 39.9 Å². The Kier molecular flexibility index (Phi) is 2.80. The zero-order valence-electron chi connectivity index (χ0n) is 10.0. The number of aromatic amines is 3. The van der Waals surface area contributed by atoms with Crippen LogP contribution in [-0.4, -0.2) is 39.9 Å². The molecule has 0 aliphatic rings. The van der Waals surface area contributed by atoms with Crippen molar-refractivity contribution in [3.8, 4) is 0 Å². The molecule has 10 heteroatoms. The van der Waals surface area contributed by atoms with Crippen LogP contribution in [0.5, 0.6) is 0 Å². The second-order valence-electron chi connectivity index (χ2n) is 3.72. The largest absolute Gasteiger partial charge is 0.383 e. The van der Waals surface area contributed by atoms with Crippen molar-refractivity contribution in [3.05, 3.63) is 35.7 Å². The molecule has 4 aromatic rings. The van der Waals surface area contributed by atoms with Gasteiger partial charge in [0.05, 0.1) is 18.9 Å². The van der Waals surface area contributed by atoms with E-state index in [9.17, 15) is 4.79 Å². The smallest absolute Gasteiger partial charge is 0.348 e. The summed E-state index contributed by atoms with van der Waals surface area (Å²) in [6.07, 6.45) is 6.19. The van der Waals surface area contributed by atoms with E-state index < -0.39 is 5.69 Å². The molecule has 4 rings (SSSR count). The molecule has 0 fully saturated rings. The van der Waals surface area contributed by atoms with E-state index in [-0.39, 0.29) is 5.82 Å². The number of anilines is 1. The van der Waals surface area contributed by atoms with E-state index in [1.54, 1.807) is 12.5 Å². The minimum atomic E-state index is -0.484. The lowest BCUT2D eigenvalue weighted by molar-refractivity contribution is 1.11. The van der Waals surface area contributed by atoms with Crippen LogP contribution in [0, 0.1) is 0 Å². The molecule has 0 aliphatic heterocycles. The highest BCUT2D eigenvalue weighted by Crippen LogP contribution is 2.07. The second-order valence-corrected chi connectivity index (χ2v) is 3.72. The van der Waals surface area contributed by atoms with Gasteiger partial charge in [-0.1, -0.05) is 0 Å². The van der Waals surface area contributed by atoms with Gasteiger partial charge in [0.2, 0.25) is 0 Å². The lowest BCUT2D eigenvalue weighted by Gasteiger charge is -1.90. The lowest BCUT2D eigenvalue weighted by atomic mass is 10.5. The van der Waals surface area contributed by atoms with Gasteiger partial charge in [-0.15, -0.1) is 0 Å². The standard InChI is InChI=1S/C5H5N5O.C5H4N4/c6-3-2-4(8-1-7-2)10-5(11)9-3;1-4-5(8-2-6-1)9-3-7-4/h1H,(H4,6,7,8,9,10,11);1-3H,(H,6,7,8,9). The Labute approximate surface area is 110 Å². The van der Waals surface area contributed by atoms with Crippen molar-refractivity contribution >= 4 is 28.1 Å². The van der Waals surface area contributed by atoms with E-state index >= 15 is 0 Å². The Morgan fingerprint density at radius 1 is 1.05 bits per heavy atom. The Morgan fingerprint density at radius 2 is 1.85 bits per heavy atom. The number of nitrogens with two attached hydrogens (primary N) is 1. The first-order valence-electron chi connectivity index (χ1n) is 5.52. The van der Waals surface area contributed by atoms with Crippen molar-refractivity contribution < 1.29 is 0 Å². The van der Waals surface area contributed by atoms with Crippen molar-refractivity contribution in [1.82, 2.24) is 39.9 Å². The average molecular weight is 271 g/mol. The Hall–Kier alpha value is -3.30.